The van der Waals surface area contributed by atoms with Gasteiger partial charge < -0.3 is 4.42 Å². The van der Waals surface area contributed by atoms with Gasteiger partial charge in [-0.05, 0) is 25.9 Å². The Morgan fingerprint density at radius 1 is 1.43 bits per heavy atom. The molecule has 1 aliphatic heterocycles. The van der Waals surface area contributed by atoms with Crippen LogP contribution in [0, 0.1) is 0 Å². The van der Waals surface area contributed by atoms with Crippen molar-refractivity contribution >= 4 is 0 Å². The summed E-state index contributed by atoms with van der Waals surface area (Å²) in [6, 6.07) is 0. The van der Waals surface area contributed by atoms with Crippen LogP contribution < -0.4 is 0 Å². The minimum atomic E-state index is 0.440. The van der Waals surface area contributed by atoms with Crippen molar-refractivity contribution in [1.29, 1.82) is 0 Å². The van der Waals surface area contributed by atoms with Crippen LogP contribution in [0.15, 0.2) is 10.8 Å². The van der Waals surface area contributed by atoms with Crippen LogP contribution >= 0.6 is 0 Å². The molecule has 0 atom stereocenters. The molecule has 1 aromatic rings. The number of nitrogens with zero attached hydrogens (tertiary/aromatic N) is 2. The maximum atomic E-state index is 5.40. The van der Waals surface area contributed by atoms with Gasteiger partial charge in [0.15, 0.2) is 6.39 Å². The van der Waals surface area contributed by atoms with Crippen molar-refractivity contribution in [2.75, 3.05) is 13.1 Å². The van der Waals surface area contributed by atoms with Crippen LogP contribution in [0.3, 0.4) is 0 Å². The van der Waals surface area contributed by atoms with Gasteiger partial charge in [0.05, 0.1) is 5.69 Å². The van der Waals surface area contributed by atoms with E-state index in [4.69, 9.17) is 4.42 Å². The van der Waals surface area contributed by atoms with Gasteiger partial charge in [-0.15, -0.1) is 0 Å². The molecule has 0 N–H and O–H groups in total. The van der Waals surface area contributed by atoms with Gasteiger partial charge >= 0.3 is 0 Å². The van der Waals surface area contributed by atoms with Crippen LogP contribution in [0.25, 0.3) is 0 Å². The van der Waals surface area contributed by atoms with Gasteiger partial charge in [0.25, 0.3) is 0 Å². The van der Waals surface area contributed by atoms with E-state index in [0.29, 0.717) is 5.92 Å². The van der Waals surface area contributed by atoms with Gasteiger partial charge in [-0.2, -0.15) is 0 Å². The van der Waals surface area contributed by atoms with Gasteiger partial charge in [-0.3, -0.25) is 4.90 Å². The number of aromatic nitrogens is 1. The summed E-state index contributed by atoms with van der Waals surface area (Å²) in [5, 5.41) is 0. The summed E-state index contributed by atoms with van der Waals surface area (Å²) in [5.74, 6) is 1.49. The van der Waals surface area contributed by atoms with E-state index in [0.717, 1.165) is 18.0 Å². The second-order valence-electron chi connectivity index (χ2n) is 4.30. The third-order valence-corrected chi connectivity index (χ3v) is 2.77. The van der Waals surface area contributed by atoms with Crippen molar-refractivity contribution in [3.8, 4) is 0 Å². The number of rotatable bonds is 3. The normalized spacial score (nSPS) is 18.2. The molecule has 1 saturated heterocycles. The number of likely N-dealkylation sites (tertiary alicyclic amines) is 1. The fourth-order valence-corrected chi connectivity index (χ4v) is 2.02. The van der Waals surface area contributed by atoms with Gasteiger partial charge in [0.1, 0.15) is 5.76 Å². The molecule has 0 saturated carbocycles. The van der Waals surface area contributed by atoms with E-state index in [-0.39, 0.29) is 0 Å². The molecule has 0 unspecified atom stereocenters. The Morgan fingerprint density at radius 3 is 2.79 bits per heavy atom. The van der Waals surface area contributed by atoms with E-state index in [1.807, 2.05) is 0 Å². The van der Waals surface area contributed by atoms with Crippen molar-refractivity contribution in [2.45, 2.75) is 39.2 Å². The molecule has 0 spiro atoms. The summed E-state index contributed by atoms with van der Waals surface area (Å²) >= 11 is 0. The van der Waals surface area contributed by atoms with Crippen molar-refractivity contribution in [3.05, 3.63) is 17.8 Å². The smallest absolute Gasteiger partial charge is 0.181 e. The first-order valence-corrected chi connectivity index (χ1v) is 5.42. The zero-order valence-corrected chi connectivity index (χ0v) is 8.99. The van der Waals surface area contributed by atoms with Gasteiger partial charge in [0, 0.05) is 12.5 Å². The summed E-state index contributed by atoms with van der Waals surface area (Å²) < 4.78 is 5.40. The van der Waals surface area contributed by atoms with E-state index >= 15 is 0 Å². The van der Waals surface area contributed by atoms with Crippen molar-refractivity contribution in [1.82, 2.24) is 9.88 Å². The topological polar surface area (TPSA) is 29.3 Å². The number of hydrogen-bond acceptors (Lipinski definition) is 3. The monoisotopic (exact) mass is 194 g/mol. The van der Waals surface area contributed by atoms with Crippen LogP contribution in [-0.4, -0.2) is 23.0 Å². The Hall–Kier alpha value is -0.830. The van der Waals surface area contributed by atoms with Crippen LogP contribution in [0.4, 0.5) is 0 Å². The molecular weight excluding hydrogens is 176 g/mol. The lowest BCUT2D eigenvalue weighted by molar-refractivity contribution is 0.323. The molecule has 78 valence electrons. The molecular formula is C11H18N2O. The van der Waals surface area contributed by atoms with Gasteiger partial charge in [-0.1, -0.05) is 13.8 Å². The first kappa shape index (κ1) is 9.71. The molecule has 1 aliphatic rings. The maximum Gasteiger partial charge on any atom is 0.181 e. The SMILES string of the molecule is CC(C)c1ocnc1CN1CCCC1. The minimum absolute atomic E-state index is 0.440. The molecule has 14 heavy (non-hydrogen) atoms. The molecule has 0 amide bonds. The third-order valence-electron chi connectivity index (χ3n) is 2.77. The largest absolute Gasteiger partial charge is 0.448 e. The molecule has 0 aliphatic carbocycles. The van der Waals surface area contributed by atoms with E-state index in [1.54, 1.807) is 6.39 Å². The molecule has 1 aromatic heterocycles. The third kappa shape index (κ3) is 1.98. The van der Waals surface area contributed by atoms with Gasteiger partial charge in [0.2, 0.25) is 0 Å². The highest BCUT2D eigenvalue weighted by Crippen LogP contribution is 2.21. The summed E-state index contributed by atoms with van der Waals surface area (Å²) in [5.41, 5.74) is 1.13. The summed E-state index contributed by atoms with van der Waals surface area (Å²) in [6.45, 7) is 7.68. The predicted molar refractivity (Wildman–Crippen MR) is 55.1 cm³/mol. The van der Waals surface area contributed by atoms with Crippen LogP contribution in [0.5, 0.6) is 0 Å². The van der Waals surface area contributed by atoms with Crippen LogP contribution in [0.1, 0.15) is 44.1 Å². The highest BCUT2D eigenvalue weighted by atomic mass is 16.3. The molecule has 2 rings (SSSR count). The average molecular weight is 194 g/mol. The maximum absolute atomic E-state index is 5.40. The Labute approximate surface area is 85.1 Å². The number of oxazole rings is 1. The fraction of sp³-hybridized carbons (Fsp3) is 0.727. The second-order valence-corrected chi connectivity index (χ2v) is 4.30. The summed E-state index contributed by atoms with van der Waals surface area (Å²) in [7, 11) is 0. The molecule has 0 aromatic carbocycles. The van der Waals surface area contributed by atoms with E-state index in [2.05, 4.69) is 23.7 Å². The Morgan fingerprint density at radius 2 is 2.14 bits per heavy atom. The lowest BCUT2D eigenvalue weighted by Crippen LogP contribution is -2.19. The Balaban J connectivity index is 2.04. The molecule has 0 radical (unpaired) electrons. The lowest BCUT2D eigenvalue weighted by Gasteiger charge is -2.13. The predicted octanol–water partition coefficient (Wildman–Crippen LogP) is 2.39. The van der Waals surface area contributed by atoms with Crippen molar-refractivity contribution in [3.63, 3.8) is 0 Å². The van der Waals surface area contributed by atoms with Crippen LogP contribution in [-0.2, 0) is 6.54 Å². The van der Waals surface area contributed by atoms with Gasteiger partial charge in [-0.25, -0.2) is 4.98 Å². The summed E-state index contributed by atoms with van der Waals surface area (Å²) in [6.07, 6.45) is 4.23. The highest BCUT2D eigenvalue weighted by Gasteiger charge is 2.17. The zero-order valence-electron chi connectivity index (χ0n) is 8.99. The zero-order chi connectivity index (χ0) is 9.97. The van der Waals surface area contributed by atoms with E-state index in [1.165, 1.54) is 25.9 Å². The Bertz CT molecular complexity index is 287. The first-order chi connectivity index (χ1) is 6.77. The molecule has 2 heterocycles. The highest BCUT2D eigenvalue weighted by molar-refractivity contribution is 5.11. The van der Waals surface area contributed by atoms with Crippen LogP contribution in [0.2, 0.25) is 0 Å². The van der Waals surface area contributed by atoms with E-state index in [9.17, 15) is 0 Å². The molecule has 1 fully saturated rings. The molecule has 0 bridgehead atoms. The van der Waals surface area contributed by atoms with Crippen molar-refractivity contribution < 1.29 is 4.42 Å². The second kappa shape index (κ2) is 4.13. The Kier molecular flexibility index (Phi) is 2.87. The fourth-order valence-electron chi connectivity index (χ4n) is 2.02. The average Bonchev–Trinajstić information content (AvgIpc) is 2.75. The van der Waals surface area contributed by atoms with Crippen molar-refractivity contribution in [2.24, 2.45) is 0 Å². The summed E-state index contributed by atoms with van der Waals surface area (Å²) in [4.78, 5) is 6.74. The standard InChI is InChI=1S/C11H18N2O/c1-9(2)11-10(12-8-14-11)7-13-5-3-4-6-13/h8-9H,3-7H2,1-2H3. The lowest BCUT2D eigenvalue weighted by atomic mass is 10.1. The molecule has 3 nitrogen and oxygen atoms in total. The molecule has 3 heteroatoms. The van der Waals surface area contributed by atoms with E-state index < -0.39 is 0 Å². The number of hydrogen-bond donors (Lipinski definition) is 0. The quantitative estimate of drug-likeness (QED) is 0.740. The minimum Gasteiger partial charge on any atom is -0.448 e. The first-order valence-electron chi connectivity index (χ1n) is 5.42.